The topological polar surface area (TPSA) is 79.2 Å². The maximum atomic E-state index is 12.2. The molecule has 3 aromatic rings. The van der Waals surface area contributed by atoms with E-state index in [-0.39, 0.29) is 9.90 Å². The summed E-state index contributed by atoms with van der Waals surface area (Å²) in [4.78, 5) is 24.4. The Bertz CT molecular complexity index is 1060. The molecule has 0 atom stereocenters. The van der Waals surface area contributed by atoms with Crippen LogP contribution >= 0.6 is 34.5 Å². The first-order valence-corrected chi connectivity index (χ1v) is 8.90. The second-order valence-corrected chi connectivity index (χ2v) is 7.03. The highest BCUT2D eigenvalue weighted by atomic mass is 35.5. The number of halogens is 2. The molecule has 1 N–H and O–H groups in total. The van der Waals surface area contributed by atoms with E-state index in [9.17, 15) is 9.59 Å². The Hall–Kier alpha value is -2.59. The molecule has 0 unspecified atom stereocenters. The molecule has 0 aliphatic carbocycles. The van der Waals surface area contributed by atoms with Crippen LogP contribution < -0.4 is 5.32 Å². The van der Waals surface area contributed by atoms with Gasteiger partial charge in [0.15, 0.2) is 6.61 Å². The number of benzene rings is 2. The van der Waals surface area contributed by atoms with Gasteiger partial charge in [-0.1, -0.05) is 41.4 Å². The molecule has 0 spiro atoms. The summed E-state index contributed by atoms with van der Waals surface area (Å²) < 4.78 is 5.79. The fraction of sp³-hybridized carbons (Fsp3) is 0.0556. The third-order valence-electron chi connectivity index (χ3n) is 3.43. The molecular weight excluding hydrogens is 395 g/mol. The Balaban J connectivity index is 1.68. The van der Waals surface area contributed by atoms with Crippen molar-refractivity contribution < 1.29 is 14.3 Å². The number of nitrogens with one attached hydrogen (secondary N) is 1. The Morgan fingerprint density at radius 1 is 1.19 bits per heavy atom. The number of para-hydroxylation sites is 1. The number of carbonyl (C=O) groups excluding carboxylic acids is 2. The number of nitrogens with zero attached hydrogens (tertiary/aromatic N) is 1. The molecule has 0 bridgehead atoms. The van der Waals surface area contributed by atoms with E-state index in [2.05, 4.69) is 5.32 Å². The van der Waals surface area contributed by atoms with Crippen LogP contribution in [0.5, 0.6) is 0 Å². The number of anilines is 1. The van der Waals surface area contributed by atoms with Gasteiger partial charge in [-0.25, -0.2) is 4.79 Å². The Morgan fingerprint density at radius 2 is 1.96 bits per heavy atom. The molecule has 1 heterocycles. The normalized spacial score (nSPS) is 10.3. The molecule has 1 amide bonds. The molecule has 0 aliphatic heterocycles. The zero-order chi connectivity index (χ0) is 18.7. The highest BCUT2D eigenvalue weighted by molar-refractivity contribution is 7.21. The van der Waals surface area contributed by atoms with Gasteiger partial charge in [-0.05, 0) is 24.3 Å². The lowest BCUT2D eigenvalue weighted by molar-refractivity contribution is -0.119. The summed E-state index contributed by atoms with van der Waals surface area (Å²) in [5, 5.41) is 13.0. The van der Waals surface area contributed by atoms with Gasteiger partial charge in [0.05, 0.1) is 16.3 Å². The lowest BCUT2D eigenvalue weighted by Crippen LogP contribution is -2.21. The van der Waals surface area contributed by atoms with Crippen LogP contribution in [-0.2, 0) is 9.53 Å². The van der Waals surface area contributed by atoms with Crippen molar-refractivity contribution in [2.24, 2.45) is 0 Å². The standard InChI is InChI=1S/C18H10Cl2N2O3S/c19-11-5-6-12-14(7-11)26-17(16(12)20)18(24)25-9-15(23)22-13-4-2-1-3-10(13)8-21/h1-7H,9H2,(H,22,23). The number of hydrogen-bond acceptors (Lipinski definition) is 5. The summed E-state index contributed by atoms with van der Waals surface area (Å²) in [6.07, 6.45) is 0. The summed E-state index contributed by atoms with van der Waals surface area (Å²) in [6, 6.07) is 13.6. The van der Waals surface area contributed by atoms with Crippen molar-refractivity contribution in [2.75, 3.05) is 11.9 Å². The quantitative estimate of drug-likeness (QED) is 0.628. The molecule has 0 saturated heterocycles. The van der Waals surface area contributed by atoms with Crippen molar-refractivity contribution in [1.82, 2.24) is 0 Å². The summed E-state index contributed by atoms with van der Waals surface area (Å²) in [5.41, 5.74) is 0.669. The third-order valence-corrected chi connectivity index (χ3v) is 5.31. The van der Waals surface area contributed by atoms with E-state index in [4.69, 9.17) is 33.2 Å². The van der Waals surface area contributed by atoms with Crippen molar-refractivity contribution in [3.8, 4) is 6.07 Å². The minimum atomic E-state index is -0.698. The zero-order valence-electron chi connectivity index (χ0n) is 13.1. The van der Waals surface area contributed by atoms with Crippen LogP contribution in [0.2, 0.25) is 10.0 Å². The monoisotopic (exact) mass is 404 g/mol. The molecule has 26 heavy (non-hydrogen) atoms. The maximum Gasteiger partial charge on any atom is 0.350 e. The van der Waals surface area contributed by atoms with E-state index in [0.717, 1.165) is 16.0 Å². The van der Waals surface area contributed by atoms with E-state index in [1.165, 1.54) is 0 Å². The van der Waals surface area contributed by atoms with E-state index in [1.54, 1.807) is 42.5 Å². The maximum absolute atomic E-state index is 12.2. The van der Waals surface area contributed by atoms with Gasteiger partial charge in [-0.3, -0.25) is 4.79 Å². The molecule has 0 fully saturated rings. The van der Waals surface area contributed by atoms with Crippen LogP contribution in [0, 0.1) is 11.3 Å². The summed E-state index contributed by atoms with van der Waals surface area (Å²) in [6.45, 7) is -0.496. The van der Waals surface area contributed by atoms with Gasteiger partial charge in [0.25, 0.3) is 5.91 Å². The average Bonchev–Trinajstić information content (AvgIpc) is 2.96. The number of rotatable bonds is 4. The minimum Gasteiger partial charge on any atom is -0.451 e. The van der Waals surface area contributed by atoms with Crippen molar-refractivity contribution in [3.05, 3.63) is 63.0 Å². The predicted molar refractivity (Wildman–Crippen MR) is 102 cm³/mol. The van der Waals surface area contributed by atoms with Crippen LogP contribution in [-0.4, -0.2) is 18.5 Å². The highest BCUT2D eigenvalue weighted by Gasteiger charge is 2.20. The number of ether oxygens (including phenoxy) is 1. The molecule has 130 valence electrons. The highest BCUT2D eigenvalue weighted by Crippen LogP contribution is 2.37. The summed E-state index contributed by atoms with van der Waals surface area (Å²) in [7, 11) is 0. The number of thiophene rings is 1. The molecule has 2 aromatic carbocycles. The molecular formula is C18H10Cl2N2O3S. The molecule has 8 heteroatoms. The summed E-state index contributed by atoms with van der Waals surface area (Å²) in [5.74, 6) is -1.25. The molecule has 1 aromatic heterocycles. The Labute approximate surface area is 162 Å². The first kappa shape index (κ1) is 18.2. The fourth-order valence-electron chi connectivity index (χ4n) is 2.24. The number of amides is 1. The van der Waals surface area contributed by atoms with Crippen LogP contribution in [0.3, 0.4) is 0 Å². The fourth-order valence-corrected chi connectivity index (χ4v) is 3.92. The summed E-state index contributed by atoms with van der Waals surface area (Å²) >= 11 is 13.3. The lowest BCUT2D eigenvalue weighted by Gasteiger charge is -2.07. The van der Waals surface area contributed by atoms with Gasteiger partial charge in [-0.15, -0.1) is 11.3 Å². The first-order valence-electron chi connectivity index (χ1n) is 7.33. The molecule has 0 aliphatic rings. The van der Waals surface area contributed by atoms with Gasteiger partial charge in [0.1, 0.15) is 10.9 Å². The lowest BCUT2D eigenvalue weighted by atomic mass is 10.2. The van der Waals surface area contributed by atoms with E-state index in [1.807, 2.05) is 6.07 Å². The van der Waals surface area contributed by atoms with Crippen LogP contribution in [0.4, 0.5) is 5.69 Å². The molecule has 0 saturated carbocycles. The van der Waals surface area contributed by atoms with Crippen LogP contribution in [0.15, 0.2) is 42.5 Å². The van der Waals surface area contributed by atoms with Crippen molar-refractivity contribution >= 4 is 62.2 Å². The molecule has 0 radical (unpaired) electrons. The van der Waals surface area contributed by atoms with Crippen molar-refractivity contribution in [1.29, 1.82) is 5.26 Å². The zero-order valence-corrected chi connectivity index (χ0v) is 15.4. The number of carbonyl (C=O) groups is 2. The average molecular weight is 405 g/mol. The first-order chi connectivity index (χ1) is 12.5. The second kappa shape index (κ2) is 7.75. The van der Waals surface area contributed by atoms with Gasteiger partial charge in [0.2, 0.25) is 0 Å². The number of esters is 1. The SMILES string of the molecule is N#Cc1ccccc1NC(=O)COC(=O)c1sc2cc(Cl)ccc2c1Cl. The predicted octanol–water partition coefficient (Wildman–Crippen LogP) is 4.88. The number of fused-ring (bicyclic) bond motifs is 1. The van der Waals surface area contributed by atoms with Crippen LogP contribution in [0.1, 0.15) is 15.2 Å². The second-order valence-electron chi connectivity index (χ2n) is 5.17. The third kappa shape index (κ3) is 3.81. The van der Waals surface area contributed by atoms with Gasteiger partial charge < -0.3 is 10.1 Å². The molecule has 3 rings (SSSR count). The smallest absolute Gasteiger partial charge is 0.350 e. The number of nitriles is 1. The van der Waals surface area contributed by atoms with E-state index >= 15 is 0 Å². The van der Waals surface area contributed by atoms with Gasteiger partial charge in [0, 0.05) is 15.1 Å². The largest absolute Gasteiger partial charge is 0.451 e. The van der Waals surface area contributed by atoms with Crippen molar-refractivity contribution in [3.63, 3.8) is 0 Å². The van der Waals surface area contributed by atoms with Gasteiger partial charge in [-0.2, -0.15) is 5.26 Å². The van der Waals surface area contributed by atoms with Gasteiger partial charge >= 0.3 is 5.97 Å². The van der Waals surface area contributed by atoms with E-state index < -0.39 is 18.5 Å². The van der Waals surface area contributed by atoms with Crippen molar-refractivity contribution in [2.45, 2.75) is 0 Å². The Kier molecular flexibility index (Phi) is 5.43. The van der Waals surface area contributed by atoms with Crippen LogP contribution in [0.25, 0.3) is 10.1 Å². The van der Waals surface area contributed by atoms with E-state index in [0.29, 0.717) is 21.7 Å². The molecule has 5 nitrogen and oxygen atoms in total. The number of hydrogen-bond donors (Lipinski definition) is 1. The Morgan fingerprint density at radius 3 is 2.73 bits per heavy atom. The minimum absolute atomic E-state index is 0.203.